The second kappa shape index (κ2) is 8.00. The number of methoxy groups -OCH3 is 1. The van der Waals surface area contributed by atoms with E-state index in [4.69, 9.17) is 4.74 Å². The largest absolute Gasteiger partial charge is 0.497 e. The summed E-state index contributed by atoms with van der Waals surface area (Å²) < 4.78 is 5.23. The van der Waals surface area contributed by atoms with Crippen LogP contribution in [0, 0.1) is 0 Å². The van der Waals surface area contributed by atoms with Crippen LogP contribution in [0.2, 0.25) is 0 Å². The summed E-state index contributed by atoms with van der Waals surface area (Å²) in [5.41, 5.74) is 1.15. The molecule has 2 rings (SSSR count). The molecule has 1 fully saturated rings. The van der Waals surface area contributed by atoms with Crippen LogP contribution >= 0.6 is 0 Å². The standard InChI is InChI=1S/C16H25N3O2/c1-18(12-14-5-3-6-15(11-14)21-2)13-16(20)19-9-4-7-17-8-10-19/h3,5-6,11,17H,4,7-10,12-13H2,1-2H3. The predicted octanol–water partition coefficient (Wildman–Crippen LogP) is 0.949. The van der Waals surface area contributed by atoms with Gasteiger partial charge in [0.15, 0.2) is 0 Å². The van der Waals surface area contributed by atoms with Gasteiger partial charge in [-0.15, -0.1) is 0 Å². The van der Waals surface area contributed by atoms with E-state index in [1.165, 1.54) is 0 Å². The molecular weight excluding hydrogens is 266 g/mol. The van der Waals surface area contributed by atoms with Gasteiger partial charge in [-0.05, 0) is 37.7 Å². The summed E-state index contributed by atoms with van der Waals surface area (Å²) in [5, 5.41) is 3.32. The lowest BCUT2D eigenvalue weighted by Gasteiger charge is -2.24. The summed E-state index contributed by atoms with van der Waals surface area (Å²) in [4.78, 5) is 16.3. The van der Waals surface area contributed by atoms with Crippen molar-refractivity contribution in [3.05, 3.63) is 29.8 Å². The first-order chi connectivity index (χ1) is 10.2. The Kier molecular flexibility index (Phi) is 6.02. The van der Waals surface area contributed by atoms with Crippen molar-refractivity contribution in [3.8, 4) is 5.75 Å². The van der Waals surface area contributed by atoms with Gasteiger partial charge >= 0.3 is 0 Å². The Balaban J connectivity index is 1.85. The maximum absolute atomic E-state index is 12.3. The highest BCUT2D eigenvalue weighted by molar-refractivity contribution is 5.78. The number of benzene rings is 1. The molecule has 1 amide bonds. The molecule has 1 aromatic carbocycles. The van der Waals surface area contributed by atoms with Crippen LogP contribution in [-0.2, 0) is 11.3 Å². The van der Waals surface area contributed by atoms with E-state index in [2.05, 4.69) is 16.3 Å². The minimum Gasteiger partial charge on any atom is -0.497 e. The first-order valence-corrected chi connectivity index (χ1v) is 7.49. The number of nitrogens with zero attached hydrogens (tertiary/aromatic N) is 2. The van der Waals surface area contributed by atoms with Gasteiger partial charge in [0.2, 0.25) is 5.91 Å². The fourth-order valence-corrected chi connectivity index (χ4v) is 2.56. The van der Waals surface area contributed by atoms with Gasteiger partial charge in [-0.2, -0.15) is 0 Å². The van der Waals surface area contributed by atoms with Gasteiger partial charge in [-0.1, -0.05) is 12.1 Å². The van der Waals surface area contributed by atoms with E-state index in [0.29, 0.717) is 6.54 Å². The van der Waals surface area contributed by atoms with Crippen molar-refractivity contribution in [1.82, 2.24) is 15.1 Å². The van der Waals surface area contributed by atoms with Crippen LogP contribution in [0.15, 0.2) is 24.3 Å². The van der Waals surface area contributed by atoms with Crippen LogP contribution in [0.3, 0.4) is 0 Å². The molecule has 116 valence electrons. The quantitative estimate of drug-likeness (QED) is 0.877. The number of hydrogen-bond acceptors (Lipinski definition) is 4. The maximum Gasteiger partial charge on any atom is 0.236 e. The molecule has 5 nitrogen and oxygen atoms in total. The third-order valence-corrected chi connectivity index (χ3v) is 3.68. The van der Waals surface area contributed by atoms with Gasteiger partial charge in [0.25, 0.3) is 0 Å². The maximum atomic E-state index is 12.3. The molecule has 0 aromatic heterocycles. The summed E-state index contributed by atoms with van der Waals surface area (Å²) in [7, 11) is 3.65. The minimum absolute atomic E-state index is 0.212. The van der Waals surface area contributed by atoms with Crippen molar-refractivity contribution in [2.75, 3.05) is 46.9 Å². The van der Waals surface area contributed by atoms with Crippen molar-refractivity contribution in [2.45, 2.75) is 13.0 Å². The SMILES string of the molecule is COc1cccc(CN(C)CC(=O)N2CCCNCC2)c1. The molecule has 0 bridgehead atoms. The molecule has 1 aliphatic rings. The Labute approximate surface area is 126 Å². The molecule has 1 aromatic rings. The number of carbonyl (C=O) groups is 1. The molecule has 5 heteroatoms. The fraction of sp³-hybridized carbons (Fsp3) is 0.562. The third kappa shape index (κ3) is 5.02. The number of nitrogens with one attached hydrogen (secondary N) is 1. The number of rotatable bonds is 5. The molecule has 1 saturated heterocycles. The summed E-state index contributed by atoms with van der Waals surface area (Å²) in [6.45, 7) is 4.77. The van der Waals surface area contributed by atoms with Crippen molar-refractivity contribution < 1.29 is 9.53 Å². The summed E-state index contributed by atoms with van der Waals surface area (Å²) in [5.74, 6) is 1.06. The first-order valence-electron chi connectivity index (χ1n) is 7.49. The molecule has 0 radical (unpaired) electrons. The van der Waals surface area contributed by atoms with Crippen molar-refractivity contribution in [3.63, 3.8) is 0 Å². The lowest BCUT2D eigenvalue weighted by atomic mass is 10.2. The Morgan fingerprint density at radius 2 is 2.24 bits per heavy atom. The monoisotopic (exact) mass is 291 g/mol. The zero-order chi connectivity index (χ0) is 15.1. The number of hydrogen-bond donors (Lipinski definition) is 1. The van der Waals surface area contributed by atoms with E-state index in [1.807, 2.05) is 30.1 Å². The van der Waals surface area contributed by atoms with E-state index in [9.17, 15) is 4.79 Å². The Hall–Kier alpha value is -1.59. The fourth-order valence-electron chi connectivity index (χ4n) is 2.56. The third-order valence-electron chi connectivity index (χ3n) is 3.68. The Morgan fingerprint density at radius 1 is 1.38 bits per heavy atom. The first kappa shape index (κ1) is 15.8. The molecule has 0 spiro atoms. The number of likely N-dealkylation sites (N-methyl/N-ethyl adjacent to an activating group) is 1. The topological polar surface area (TPSA) is 44.8 Å². The minimum atomic E-state index is 0.212. The Morgan fingerprint density at radius 3 is 3.05 bits per heavy atom. The molecule has 0 atom stereocenters. The second-order valence-electron chi connectivity index (χ2n) is 5.51. The normalized spacial score (nSPS) is 15.9. The summed E-state index contributed by atoms with van der Waals surface area (Å²) >= 11 is 0. The average Bonchev–Trinajstić information content (AvgIpc) is 2.76. The zero-order valence-electron chi connectivity index (χ0n) is 13.0. The van der Waals surface area contributed by atoms with Crippen LogP contribution in [0.5, 0.6) is 5.75 Å². The van der Waals surface area contributed by atoms with Gasteiger partial charge < -0.3 is 15.0 Å². The summed E-state index contributed by atoms with van der Waals surface area (Å²) in [6.07, 6.45) is 1.03. The van der Waals surface area contributed by atoms with E-state index in [1.54, 1.807) is 7.11 Å². The predicted molar refractivity (Wildman–Crippen MR) is 83.4 cm³/mol. The zero-order valence-corrected chi connectivity index (χ0v) is 13.0. The van der Waals surface area contributed by atoms with Crippen molar-refractivity contribution in [1.29, 1.82) is 0 Å². The molecular formula is C16H25N3O2. The van der Waals surface area contributed by atoms with Crippen LogP contribution in [0.4, 0.5) is 0 Å². The van der Waals surface area contributed by atoms with Crippen molar-refractivity contribution in [2.24, 2.45) is 0 Å². The van der Waals surface area contributed by atoms with Gasteiger partial charge in [0.05, 0.1) is 13.7 Å². The Bertz CT molecular complexity index is 457. The van der Waals surface area contributed by atoms with E-state index < -0.39 is 0 Å². The van der Waals surface area contributed by atoms with Gasteiger partial charge in [-0.3, -0.25) is 9.69 Å². The number of ether oxygens (including phenoxy) is 1. The lowest BCUT2D eigenvalue weighted by molar-refractivity contribution is -0.132. The smallest absolute Gasteiger partial charge is 0.236 e. The highest BCUT2D eigenvalue weighted by Crippen LogP contribution is 2.13. The number of carbonyl (C=O) groups excluding carboxylic acids is 1. The van der Waals surface area contributed by atoms with Crippen LogP contribution in [0.1, 0.15) is 12.0 Å². The lowest BCUT2D eigenvalue weighted by Crippen LogP contribution is -2.40. The van der Waals surface area contributed by atoms with Gasteiger partial charge in [-0.25, -0.2) is 0 Å². The second-order valence-corrected chi connectivity index (χ2v) is 5.51. The molecule has 0 unspecified atom stereocenters. The molecule has 21 heavy (non-hydrogen) atoms. The summed E-state index contributed by atoms with van der Waals surface area (Å²) in [6, 6.07) is 7.97. The van der Waals surface area contributed by atoms with Crippen LogP contribution in [-0.4, -0.2) is 62.6 Å². The molecule has 0 aliphatic carbocycles. The number of amides is 1. The van der Waals surface area contributed by atoms with E-state index in [0.717, 1.165) is 50.5 Å². The molecule has 0 saturated carbocycles. The molecule has 1 aliphatic heterocycles. The average molecular weight is 291 g/mol. The highest BCUT2D eigenvalue weighted by Gasteiger charge is 2.16. The van der Waals surface area contributed by atoms with Crippen LogP contribution in [0.25, 0.3) is 0 Å². The van der Waals surface area contributed by atoms with Gasteiger partial charge in [0.1, 0.15) is 5.75 Å². The van der Waals surface area contributed by atoms with Gasteiger partial charge in [0, 0.05) is 26.2 Å². The highest BCUT2D eigenvalue weighted by atomic mass is 16.5. The molecule has 1 N–H and O–H groups in total. The van der Waals surface area contributed by atoms with E-state index in [-0.39, 0.29) is 5.91 Å². The van der Waals surface area contributed by atoms with Crippen LogP contribution < -0.4 is 10.1 Å². The van der Waals surface area contributed by atoms with E-state index >= 15 is 0 Å². The molecule has 1 heterocycles. The van der Waals surface area contributed by atoms with Crippen molar-refractivity contribution >= 4 is 5.91 Å².